The van der Waals surface area contributed by atoms with E-state index >= 15 is 0 Å². The predicted molar refractivity (Wildman–Crippen MR) is 90.5 cm³/mol. The van der Waals surface area contributed by atoms with Crippen LogP contribution in [0.15, 0.2) is 11.8 Å². The number of hydrogen-bond donors (Lipinski definition) is 1. The van der Waals surface area contributed by atoms with Crippen molar-refractivity contribution in [1.82, 2.24) is 10.2 Å². The smallest absolute Gasteiger partial charge is 0.257 e. The summed E-state index contributed by atoms with van der Waals surface area (Å²) >= 11 is 0. The Balaban J connectivity index is 2.90. The average molecular weight is 334 g/mol. The van der Waals surface area contributed by atoms with Gasteiger partial charge in [0.05, 0.1) is 13.2 Å². The molecule has 0 aromatic heterocycles. The molecule has 0 fully saturated rings. The van der Waals surface area contributed by atoms with Crippen molar-refractivity contribution in [2.45, 2.75) is 64.5 Å². The van der Waals surface area contributed by atoms with Crippen LogP contribution in [0.1, 0.15) is 52.4 Å². The van der Waals surface area contributed by atoms with Gasteiger partial charge in [-0.25, -0.2) is 0 Å². The zero-order valence-electron chi connectivity index (χ0n) is 14.6. The lowest BCUT2D eigenvalue weighted by Gasteiger charge is -2.28. The Morgan fingerprint density at radius 1 is 1.42 bits per heavy atom. The van der Waals surface area contributed by atoms with Gasteiger partial charge in [-0.1, -0.05) is 26.7 Å². The van der Waals surface area contributed by atoms with Crippen LogP contribution in [0.2, 0.25) is 0 Å². The fourth-order valence-electron chi connectivity index (χ4n) is 2.74. The molecule has 1 heterocycles. The van der Waals surface area contributed by atoms with Gasteiger partial charge in [0.1, 0.15) is 11.8 Å². The summed E-state index contributed by atoms with van der Waals surface area (Å²) in [5.41, 5.74) is 0. The maximum absolute atomic E-state index is 12.9. The molecule has 0 bridgehead atoms. The van der Waals surface area contributed by atoms with Gasteiger partial charge in [0.2, 0.25) is 5.91 Å². The minimum atomic E-state index is -0.729. The fraction of sp³-hybridized carbons (Fsp3) is 0.611. The van der Waals surface area contributed by atoms with Crippen LogP contribution < -0.4 is 5.32 Å². The van der Waals surface area contributed by atoms with Crippen LogP contribution in [0.25, 0.3) is 0 Å². The molecule has 1 N–H and O–H groups in total. The molecule has 0 aliphatic carbocycles. The Morgan fingerprint density at radius 2 is 2.12 bits per heavy atom. The summed E-state index contributed by atoms with van der Waals surface area (Å²) < 4.78 is 5.24. The molecule has 6 heteroatoms. The molecule has 0 aromatic rings. The second-order valence-electron chi connectivity index (χ2n) is 5.71. The molecule has 0 saturated heterocycles. The summed E-state index contributed by atoms with van der Waals surface area (Å²) in [6, 6.07) is -1.13. The van der Waals surface area contributed by atoms with Gasteiger partial charge in [0.15, 0.2) is 0 Å². The molecule has 0 aromatic carbocycles. The van der Waals surface area contributed by atoms with Crippen LogP contribution in [0, 0.1) is 12.3 Å². The van der Waals surface area contributed by atoms with E-state index in [4.69, 9.17) is 11.2 Å². The van der Waals surface area contributed by atoms with E-state index in [0.717, 1.165) is 6.42 Å². The number of methoxy groups -OCH3 is 1. The number of amides is 3. The Morgan fingerprint density at radius 3 is 2.67 bits per heavy atom. The number of hydrogen-bond acceptors (Lipinski definition) is 4. The van der Waals surface area contributed by atoms with Crippen molar-refractivity contribution >= 4 is 17.7 Å². The van der Waals surface area contributed by atoms with Crippen molar-refractivity contribution in [1.29, 1.82) is 0 Å². The van der Waals surface area contributed by atoms with Gasteiger partial charge < -0.3 is 10.1 Å². The van der Waals surface area contributed by atoms with Crippen molar-refractivity contribution in [2.24, 2.45) is 0 Å². The van der Waals surface area contributed by atoms with Gasteiger partial charge in [-0.2, -0.15) is 0 Å². The highest BCUT2D eigenvalue weighted by Gasteiger charge is 2.40. The van der Waals surface area contributed by atoms with E-state index in [1.54, 1.807) is 0 Å². The van der Waals surface area contributed by atoms with Crippen molar-refractivity contribution in [3.8, 4) is 12.3 Å². The first kappa shape index (κ1) is 19.8. The first-order valence-corrected chi connectivity index (χ1v) is 8.35. The molecule has 2 atom stereocenters. The lowest BCUT2D eigenvalue weighted by atomic mass is 10.1. The number of ether oxygens (including phenoxy) is 1. The van der Waals surface area contributed by atoms with E-state index in [-0.39, 0.29) is 12.3 Å². The van der Waals surface area contributed by atoms with Crippen molar-refractivity contribution in [2.75, 3.05) is 7.11 Å². The Kier molecular flexibility index (Phi) is 8.03. The lowest BCUT2D eigenvalue weighted by Crippen LogP contribution is -2.52. The van der Waals surface area contributed by atoms with Gasteiger partial charge in [0, 0.05) is 18.9 Å². The van der Waals surface area contributed by atoms with Gasteiger partial charge in [0.25, 0.3) is 11.8 Å². The zero-order valence-corrected chi connectivity index (χ0v) is 14.6. The summed E-state index contributed by atoms with van der Waals surface area (Å²) in [6.45, 7) is 3.89. The van der Waals surface area contributed by atoms with Crippen LogP contribution in [-0.4, -0.2) is 41.8 Å². The number of nitrogens with one attached hydrogen (secondary N) is 1. The number of imide groups is 1. The highest BCUT2D eigenvalue weighted by molar-refractivity contribution is 6.06. The van der Waals surface area contributed by atoms with Crippen LogP contribution in [-0.2, 0) is 19.1 Å². The number of nitrogens with zero attached hydrogens (tertiary/aromatic N) is 1. The highest BCUT2D eigenvalue weighted by atomic mass is 16.5. The summed E-state index contributed by atoms with van der Waals surface area (Å²) in [7, 11) is 1.49. The fourth-order valence-corrected chi connectivity index (χ4v) is 2.74. The third-order valence-electron chi connectivity index (χ3n) is 3.89. The molecular formula is C18H26N2O4. The minimum absolute atomic E-state index is 0.165. The second kappa shape index (κ2) is 9.76. The summed E-state index contributed by atoms with van der Waals surface area (Å²) in [6.07, 6.45) is 9.58. The van der Waals surface area contributed by atoms with Crippen LogP contribution in [0.4, 0.5) is 0 Å². The number of rotatable bonds is 9. The molecule has 1 aliphatic heterocycles. The first-order chi connectivity index (χ1) is 11.5. The molecule has 1 rings (SSSR count). The first-order valence-electron chi connectivity index (χ1n) is 8.35. The third kappa shape index (κ3) is 4.85. The SMILES string of the molecule is C#CCCC(=O)N[C@H](CCC)C(=O)N1C(=O)C=C(OC)[C@@H]1CCC. The third-order valence-corrected chi connectivity index (χ3v) is 3.89. The van der Waals surface area contributed by atoms with E-state index in [1.807, 2.05) is 13.8 Å². The van der Waals surface area contributed by atoms with E-state index in [0.29, 0.717) is 31.4 Å². The lowest BCUT2D eigenvalue weighted by molar-refractivity contribution is -0.146. The number of terminal acetylenes is 1. The zero-order chi connectivity index (χ0) is 18.1. The van der Waals surface area contributed by atoms with Crippen molar-refractivity contribution < 1.29 is 19.1 Å². The minimum Gasteiger partial charge on any atom is -0.499 e. The van der Waals surface area contributed by atoms with Gasteiger partial charge >= 0.3 is 0 Å². The number of carbonyl (C=O) groups is 3. The molecule has 0 saturated carbocycles. The van der Waals surface area contributed by atoms with E-state index in [1.165, 1.54) is 18.1 Å². The van der Waals surface area contributed by atoms with Crippen molar-refractivity contribution in [3.63, 3.8) is 0 Å². The number of carbonyl (C=O) groups excluding carboxylic acids is 3. The molecule has 24 heavy (non-hydrogen) atoms. The van der Waals surface area contributed by atoms with E-state index in [9.17, 15) is 14.4 Å². The van der Waals surface area contributed by atoms with Crippen molar-refractivity contribution in [3.05, 3.63) is 11.8 Å². The topological polar surface area (TPSA) is 75.7 Å². The van der Waals surface area contributed by atoms with Gasteiger partial charge in [-0.05, 0) is 12.8 Å². The second-order valence-corrected chi connectivity index (χ2v) is 5.71. The average Bonchev–Trinajstić information content (AvgIpc) is 2.87. The summed E-state index contributed by atoms with van der Waals surface area (Å²) in [5, 5.41) is 2.70. The standard InChI is InChI=1S/C18H26N2O4/c1-5-8-11-16(21)19-13(9-6-2)18(23)20-14(10-7-3)15(24-4)12-17(20)22/h1,12-14H,6-11H2,2-4H3,(H,19,21)/t13-,14+/m1/s1. The van der Waals surface area contributed by atoms with E-state index in [2.05, 4.69) is 11.2 Å². The molecular weight excluding hydrogens is 308 g/mol. The monoisotopic (exact) mass is 334 g/mol. The van der Waals surface area contributed by atoms with Crippen LogP contribution in [0.3, 0.4) is 0 Å². The van der Waals surface area contributed by atoms with Gasteiger partial charge in [-0.15, -0.1) is 12.3 Å². The maximum Gasteiger partial charge on any atom is 0.257 e. The molecule has 0 radical (unpaired) electrons. The predicted octanol–water partition coefficient (Wildman–Crippen LogP) is 1.75. The molecule has 6 nitrogen and oxygen atoms in total. The molecule has 0 spiro atoms. The molecule has 0 unspecified atom stereocenters. The summed E-state index contributed by atoms with van der Waals surface area (Å²) in [5.74, 6) is 1.82. The summed E-state index contributed by atoms with van der Waals surface area (Å²) in [4.78, 5) is 38.2. The molecule has 132 valence electrons. The molecule has 3 amide bonds. The van der Waals surface area contributed by atoms with Gasteiger partial charge in [-0.3, -0.25) is 19.3 Å². The Hall–Kier alpha value is -2.29. The maximum atomic E-state index is 12.9. The highest BCUT2D eigenvalue weighted by Crippen LogP contribution is 2.25. The quantitative estimate of drug-likeness (QED) is 0.652. The van der Waals surface area contributed by atoms with Crippen LogP contribution in [0.5, 0.6) is 0 Å². The van der Waals surface area contributed by atoms with E-state index < -0.39 is 23.9 Å². The normalized spacial score (nSPS) is 17.9. The van der Waals surface area contributed by atoms with Crippen LogP contribution >= 0.6 is 0 Å². The largest absolute Gasteiger partial charge is 0.499 e. The Labute approximate surface area is 143 Å². The molecule has 1 aliphatic rings. The Bertz CT molecular complexity index is 548.